The molecule has 0 saturated carbocycles. The normalized spacial score (nSPS) is 10.1. The topological polar surface area (TPSA) is 35.5 Å². The van der Waals surface area contributed by atoms with Gasteiger partial charge in [-0.25, -0.2) is 4.39 Å². The second-order valence-corrected chi connectivity index (χ2v) is 4.55. The van der Waals surface area contributed by atoms with Gasteiger partial charge in [0.1, 0.15) is 11.6 Å². The monoisotopic (exact) mass is 352 g/mol. The third kappa shape index (κ3) is 4.14. The van der Waals surface area contributed by atoms with Crippen molar-refractivity contribution in [2.75, 3.05) is 13.7 Å². The van der Waals surface area contributed by atoms with Crippen LogP contribution >= 0.6 is 22.6 Å². The van der Waals surface area contributed by atoms with Crippen molar-refractivity contribution < 1.29 is 18.7 Å². The fraction of sp³-hybridized carbons (Fsp3) is 0.417. The van der Waals surface area contributed by atoms with Crippen LogP contribution in [0.3, 0.4) is 0 Å². The summed E-state index contributed by atoms with van der Waals surface area (Å²) in [6, 6.07) is 3.02. The Balaban J connectivity index is 2.72. The zero-order valence-corrected chi connectivity index (χ0v) is 11.9. The van der Waals surface area contributed by atoms with Gasteiger partial charge in [0.2, 0.25) is 0 Å². The number of hydrogen-bond donors (Lipinski definition) is 0. The minimum absolute atomic E-state index is 0.188. The van der Waals surface area contributed by atoms with E-state index in [-0.39, 0.29) is 18.2 Å². The molecule has 0 radical (unpaired) electrons. The first-order valence-electron chi connectivity index (χ1n) is 5.26. The van der Waals surface area contributed by atoms with Crippen molar-refractivity contribution in [3.8, 4) is 5.75 Å². The highest BCUT2D eigenvalue weighted by Gasteiger charge is 2.10. The van der Waals surface area contributed by atoms with Crippen LogP contribution in [0.2, 0.25) is 0 Å². The maximum absolute atomic E-state index is 13.6. The van der Waals surface area contributed by atoms with Gasteiger partial charge in [-0.2, -0.15) is 0 Å². The molecule has 1 rings (SSSR count). The maximum atomic E-state index is 13.6. The number of carbonyl (C=O) groups excluding carboxylic acids is 1. The molecular weight excluding hydrogens is 338 g/mol. The van der Waals surface area contributed by atoms with Crippen LogP contribution in [0, 0.1) is 9.39 Å². The van der Waals surface area contributed by atoms with Gasteiger partial charge in [-0.3, -0.25) is 4.79 Å². The first-order chi connectivity index (χ1) is 8.08. The minimum Gasteiger partial charge on any atom is -0.496 e. The highest BCUT2D eigenvalue weighted by molar-refractivity contribution is 14.1. The van der Waals surface area contributed by atoms with Gasteiger partial charge in [0.05, 0.1) is 17.3 Å². The summed E-state index contributed by atoms with van der Waals surface area (Å²) in [5.41, 5.74) is 0.503. The molecule has 0 spiro atoms. The van der Waals surface area contributed by atoms with Crippen LogP contribution in [-0.2, 0) is 16.0 Å². The van der Waals surface area contributed by atoms with E-state index >= 15 is 0 Å². The van der Waals surface area contributed by atoms with E-state index in [1.807, 2.05) is 0 Å². The molecule has 0 amide bonds. The molecule has 0 heterocycles. The quantitative estimate of drug-likeness (QED) is 0.604. The fourth-order valence-corrected chi connectivity index (χ4v) is 2.14. The average molecular weight is 352 g/mol. The molecule has 17 heavy (non-hydrogen) atoms. The predicted octanol–water partition coefficient (Wildman–Crippen LogP) is 2.93. The summed E-state index contributed by atoms with van der Waals surface area (Å²) in [6.07, 6.45) is 0.526. The molecule has 3 nitrogen and oxygen atoms in total. The molecule has 0 N–H and O–H groups in total. The van der Waals surface area contributed by atoms with Gasteiger partial charge >= 0.3 is 5.97 Å². The molecule has 0 saturated heterocycles. The summed E-state index contributed by atoms with van der Waals surface area (Å²) < 4.78 is 24.2. The SMILES string of the molecule is CCOC(=O)CCc1cc(I)c(OC)cc1F. The van der Waals surface area contributed by atoms with Crippen LogP contribution in [-0.4, -0.2) is 19.7 Å². The molecule has 0 aliphatic rings. The first kappa shape index (κ1) is 14.2. The number of methoxy groups -OCH3 is 1. The number of esters is 1. The summed E-state index contributed by atoms with van der Waals surface area (Å²) in [5.74, 6) is -0.160. The number of ether oxygens (including phenoxy) is 2. The Morgan fingerprint density at radius 2 is 2.18 bits per heavy atom. The summed E-state index contributed by atoms with van der Waals surface area (Å²) in [4.78, 5) is 11.2. The number of aryl methyl sites for hydroxylation is 1. The second kappa shape index (κ2) is 6.78. The molecule has 5 heteroatoms. The lowest BCUT2D eigenvalue weighted by molar-refractivity contribution is -0.143. The van der Waals surface area contributed by atoms with Gasteiger partial charge in [-0.15, -0.1) is 0 Å². The van der Waals surface area contributed by atoms with E-state index in [1.54, 1.807) is 13.0 Å². The largest absolute Gasteiger partial charge is 0.496 e. The molecule has 94 valence electrons. The second-order valence-electron chi connectivity index (χ2n) is 3.38. The van der Waals surface area contributed by atoms with Crippen LogP contribution in [0.5, 0.6) is 5.75 Å². The molecule has 0 aliphatic heterocycles. The molecule has 0 aromatic heterocycles. The molecule has 1 aromatic carbocycles. The summed E-state index contributed by atoms with van der Waals surface area (Å²) in [6.45, 7) is 2.09. The van der Waals surface area contributed by atoms with Crippen molar-refractivity contribution >= 4 is 28.6 Å². The number of carbonyl (C=O) groups is 1. The van der Waals surface area contributed by atoms with Gasteiger partial charge in [0.15, 0.2) is 0 Å². The molecular formula is C12H14FIO3. The van der Waals surface area contributed by atoms with Crippen LogP contribution in [0.25, 0.3) is 0 Å². The summed E-state index contributed by atoms with van der Waals surface area (Å²) in [7, 11) is 1.50. The third-order valence-corrected chi connectivity index (χ3v) is 3.07. The number of hydrogen-bond acceptors (Lipinski definition) is 3. The molecule has 0 aliphatic carbocycles. The lowest BCUT2D eigenvalue weighted by Gasteiger charge is -2.08. The van der Waals surface area contributed by atoms with E-state index in [1.165, 1.54) is 13.2 Å². The van der Waals surface area contributed by atoms with E-state index in [0.717, 1.165) is 3.57 Å². The van der Waals surface area contributed by atoms with E-state index < -0.39 is 0 Å². The van der Waals surface area contributed by atoms with E-state index in [9.17, 15) is 9.18 Å². The minimum atomic E-state index is -0.355. The van der Waals surface area contributed by atoms with Gasteiger partial charge in [0, 0.05) is 12.5 Å². The highest BCUT2D eigenvalue weighted by Crippen LogP contribution is 2.25. The van der Waals surface area contributed by atoms with Gasteiger partial charge in [-0.1, -0.05) is 0 Å². The Hall–Kier alpha value is -0.850. The molecule has 0 fully saturated rings. The number of rotatable bonds is 5. The fourth-order valence-electron chi connectivity index (χ4n) is 1.39. The third-order valence-electron chi connectivity index (χ3n) is 2.22. The van der Waals surface area contributed by atoms with Gasteiger partial charge in [0.25, 0.3) is 0 Å². The molecule has 0 atom stereocenters. The first-order valence-corrected chi connectivity index (χ1v) is 6.33. The number of benzene rings is 1. The van der Waals surface area contributed by atoms with E-state index in [4.69, 9.17) is 9.47 Å². The number of halogens is 2. The molecule has 1 aromatic rings. The standard InChI is InChI=1S/C12H14FIO3/c1-3-17-12(15)5-4-8-6-10(14)11(16-2)7-9(8)13/h6-7H,3-5H2,1-2H3. The van der Waals surface area contributed by atoms with Crippen LogP contribution < -0.4 is 4.74 Å². The van der Waals surface area contributed by atoms with Crippen molar-refractivity contribution in [2.45, 2.75) is 19.8 Å². The Labute approximate surface area is 113 Å². The van der Waals surface area contributed by atoms with Crippen molar-refractivity contribution in [2.24, 2.45) is 0 Å². The highest BCUT2D eigenvalue weighted by atomic mass is 127. The van der Waals surface area contributed by atoms with Crippen LogP contribution in [0.1, 0.15) is 18.9 Å². The Morgan fingerprint density at radius 1 is 1.47 bits per heavy atom. The molecule has 0 bridgehead atoms. The lowest BCUT2D eigenvalue weighted by atomic mass is 10.1. The van der Waals surface area contributed by atoms with Gasteiger partial charge < -0.3 is 9.47 Å². The zero-order chi connectivity index (χ0) is 12.8. The van der Waals surface area contributed by atoms with E-state index in [2.05, 4.69) is 22.6 Å². The van der Waals surface area contributed by atoms with Crippen molar-refractivity contribution in [1.29, 1.82) is 0 Å². The van der Waals surface area contributed by atoms with Crippen molar-refractivity contribution in [3.63, 3.8) is 0 Å². The lowest BCUT2D eigenvalue weighted by Crippen LogP contribution is -2.06. The van der Waals surface area contributed by atoms with E-state index in [0.29, 0.717) is 24.3 Å². The van der Waals surface area contributed by atoms with Crippen molar-refractivity contribution in [1.82, 2.24) is 0 Å². The Morgan fingerprint density at radius 3 is 2.76 bits per heavy atom. The molecule has 0 unspecified atom stereocenters. The summed E-state index contributed by atoms with van der Waals surface area (Å²) >= 11 is 2.07. The van der Waals surface area contributed by atoms with Crippen LogP contribution in [0.15, 0.2) is 12.1 Å². The van der Waals surface area contributed by atoms with Gasteiger partial charge in [-0.05, 0) is 47.6 Å². The maximum Gasteiger partial charge on any atom is 0.306 e. The zero-order valence-electron chi connectivity index (χ0n) is 9.76. The van der Waals surface area contributed by atoms with Crippen molar-refractivity contribution in [3.05, 3.63) is 27.1 Å². The average Bonchev–Trinajstić information content (AvgIpc) is 2.30. The van der Waals surface area contributed by atoms with Crippen LogP contribution in [0.4, 0.5) is 4.39 Å². The smallest absolute Gasteiger partial charge is 0.306 e. The Bertz CT molecular complexity index is 407. The Kier molecular flexibility index (Phi) is 5.67. The summed E-state index contributed by atoms with van der Waals surface area (Å²) in [5, 5.41) is 0. The predicted molar refractivity (Wildman–Crippen MR) is 70.6 cm³/mol.